The Morgan fingerprint density at radius 2 is 1.83 bits per heavy atom. The van der Waals surface area contributed by atoms with Gasteiger partial charge in [-0.2, -0.15) is 4.98 Å². The zero-order valence-corrected chi connectivity index (χ0v) is 21.4. The number of nitrogens with zero attached hydrogens (tertiary/aromatic N) is 2. The smallest absolute Gasteiger partial charge is 0.335 e. The standard InChI is InChI=1S/C27H32N4O3S/c1-16(2)27(11-12-27)22(28)15-34-23-14-21(24-17(3)7-5-8-18(24)4)29-26(30-23)31-35-20-10-6-9-19(13-20)25(32)33/h5-10,13-14,16,22H,11-12,15,28H2,1-4H3,(H,32,33)(H,29,30,31). The van der Waals surface area contributed by atoms with E-state index >= 15 is 0 Å². The Kier molecular flexibility index (Phi) is 7.33. The van der Waals surface area contributed by atoms with Crippen LogP contribution in [0.5, 0.6) is 5.88 Å². The summed E-state index contributed by atoms with van der Waals surface area (Å²) in [6.45, 7) is 8.93. The first kappa shape index (κ1) is 25.0. The molecule has 0 spiro atoms. The molecule has 1 atom stereocenters. The second-order valence-electron chi connectivity index (χ2n) is 9.52. The number of rotatable bonds is 10. The molecule has 0 aliphatic heterocycles. The lowest BCUT2D eigenvalue weighted by molar-refractivity contribution is 0.0696. The van der Waals surface area contributed by atoms with E-state index in [4.69, 9.17) is 15.5 Å². The summed E-state index contributed by atoms with van der Waals surface area (Å²) in [6.07, 6.45) is 2.26. The second-order valence-corrected chi connectivity index (χ2v) is 10.4. The van der Waals surface area contributed by atoms with Crippen LogP contribution in [0.1, 0.15) is 48.2 Å². The molecule has 2 aromatic carbocycles. The van der Waals surface area contributed by atoms with Crippen LogP contribution in [0.25, 0.3) is 11.3 Å². The number of aryl methyl sites for hydroxylation is 2. The molecule has 1 unspecified atom stereocenters. The number of ether oxygens (including phenoxy) is 1. The van der Waals surface area contributed by atoms with Crippen molar-refractivity contribution in [2.24, 2.45) is 17.1 Å². The molecule has 1 aliphatic carbocycles. The molecule has 1 aromatic heterocycles. The number of nitrogens with two attached hydrogens (primary N) is 1. The Bertz CT molecular complexity index is 1210. The molecule has 0 bridgehead atoms. The summed E-state index contributed by atoms with van der Waals surface area (Å²) in [5, 5.41) is 9.26. The van der Waals surface area contributed by atoms with Gasteiger partial charge in [-0.05, 0) is 79.3 Å². The van der Waals surface area contributed by atoms with Crippen LogP contribution in [0, 0.1) is 25.2 Å². The van der Waals surface area contributed by atoms with Gasteiger partial charge in [-0.1, -0.05) is 38.1 Å². The number of nitrogens with one attached hydrogen (secondary N) is 1. The molecule has 184 valence electrons. The first-order valence-corrected chi connectivity index (χ1v) is 12.6. The van der Waals surface area contributed by atoms with E-state index in [0.717, 1.165) is 40.1 Å². The van der Waals surface area contributed by atoms with Crippen molar-refractivity contribution in [3.8, 4) is 17.1 Å². The van der Waals surface area contributed by atoms with Crippen molar-refractivity contribution in [2.45, 2.75) is 51.5 Å². The van der Waals surface area contributed by atoms with Crippen LogP contribution in [0.15, 0.2) is 53.4 Å². The number of aromatic carboxylic acids is 1. The van der Waals surface area contributed by atoms with E-state index in [1.807, 2.05) is 18.2 Å². The quantitative estimate of drug-likeness (QED) is 0.308. The molecule has 7 nitrogen and oxygen atoms in total. The molecule has 8 heteroatoms. The van der Waals surface area contributed by atoms with Crippen molar-refractivity contribution in [2.75, 3.05) is 11.3 Å². The van der Waals surface area contributed by atoms with E-state index < -0.39 is 5.97 Å². The summed E-state index contributed by atoms with van der Waals surface area (Å²) in [4.78, 5) is 21.4. The van der Waals surface area contributed by atoms with Gasteiger partial charge in [0, 0.05) is 22.6 Å². The van der Waals surface area contributed by atoms with E-state index in [9.17, 15) is 9.90 Å². The van der Waals surface area contributed by atoms with Crippen LogP contribution in [-0.4, -0.2) is 33.7 Å². The summed E-state index contributed by atoms with van der Waals surface area (Å²) in [6, 6.07) is 14.6. The van der Waals surface area contributed by atoms with Crippen molar-refractivity contribution >= 4 is 23.9 Å². The maximum atomic E-state index is 11.3. The maximum absolute atomic E-state index is 11.3. The van der Waals surface area contributed by atoms with E-state index in [1.165, 1.54) is 11.9 Å². The highest BCUT2D eigenvalue weighted by molar-refractivity contribution is 8.00. The van der Waals surface area contributed by atoms with Gasteiger partial charge in [-0.25, -0.2) is 9.78 Å². The van der Waals surface area contributed by atoms with Crippen molar-refractivity contribution < 1.29 is 14.6 Å². The van der Waals surface area contributed by atoms with E-state index in [-0.39, 0.29) is 17.0 Å². The maximum Gasteiger partial charge on any atom is 0.335 e. The Hall–Kier alpha value is -3.10. The van der Waals surface area contributed by atoms with Gasteiger partial charge >= 0.3 is 5.97 Å². The Morgan fingerprint density at radius 3 is 2.46 bits per heavy atom. The van der Waals surface area contributed by atoms with Gasteiger partial charge in [0.25, 0.3) is 0 Å². The molecule has 1 saturated carbocycles. The number of carboxylic acid groups (broad SMARTS) is 1. The largest absolute Gasteiger partial charge is 0.478 e. The van der Waals surface area contributed by atoms with Crippen molar-refractivity contribution in [3.63, 3.8) is 0 Å². The lowest BCUT2D eigenvalue weighted by Crippen LogP contribution is -2.40. The van der Waals surface area contributed by atoms with Crippen LogP contribution in [0.3, 0.4) is 0 Å². The SMILES string of the molecule is Cc1cccc(C)c1-c1cc(OCC(N)C2(C(C)C)CC2)nc(NSc2cccc(C(=O)O)c2)n1. The summed E-state index contributed by atoms with van der Waals surface area (Å²) >= 11 is 1.25. The molecule has 35 heavy (non-hydrogen) atoms. The minimum Gasteiger partial charge on any atom is -0.478 e. The Morgan fingerprint density at radius 1 is 1.14 bits per heavy atom. The molecule has 4 rings (SSSR count). The molecule has 3 aromatic rings. The van der Waals surface area contributed by atoms with Gasteiger partial charge in [0.2, 0.25) is 11.8 Å². The minimum absolute atomic E-state index is 0.0642. The molecule has 1 fully saturated rings. The summed E-state index contributed by atoms with van der Waals surface area (Å²) < 4.78 is 9.28. The molecule has 0 amide bonds. The number of carboxylic acids is 1. The normalized spacial score (nSPS) is 15.0. The fraction of sp³-hybridized carbons (Fsp3) is 0.370. The van der Waals surface area contributed by atoms with Crippen LogP contribution < -0.4 is 15.2 Å². The zero-order valence-electron chi connectivity index (χ0n) is 20.5. The van der Waals surface area contributed by atoms with Gasteiger partial charge in [0.1, 0.15) is 6.61 Å². The van der Waals surface area contributed by atoms with Gasteiger partial charge in [0.15, 0.2) is 0 Å². The summed E-state index contributed by atoms with van der Waals surface area (Å²) in [5.41, 5.74) is 10.9. The molecular formula is C27H32N4O3S. The highest BCUT2D eigenvalue weighted by Crippen LogP contribution is 2.54. The van der Waals surface area contributed by atoms with Crippen LogP contribution in [0.4, 0.5) is 5.95 Å². The highest BCUT2D eigenvalue weighted by Gasteiger charge is 2.50. The number of carbonyl (C=O) groups is 1. The van der Waals surface area contributed by atoms with Gasteiger partial charge in [0.05, 0.1) is 11.3 Å². The molecule has 0 saturated heterocycles. The molecule has 1 heterocycles. The van der Waals surface area contributed by atoms with Crippen molar-refractivity contribution in [3.05, 3.63) is 65.2 Å². The summed E-state index contributed by atoms with van der Waals surface area (Å²) in [5.74, 6) is 0.369. The third kappa shape index (κ3) is 5.60. The lowest BCUT2D eigenvalue weighted by Gasteiger charge is -2.27. The molecule has 0 radical (unpaired) electrons. The fourth-order valence-corrected chi connectivity index (χ4v) is 5.18. The first-order valence-electron chi connectivity index (χ1n) is 11.8. The van der Waals surface area contributed by atoms with E-state index in [2.05, 4.69) is 49.5 Å². The highest BCUT2D eigenvalue weighted by atomic mass is 32.2. The minimum atomic E-state index is -0.970. The fourth-order valence-electron chi connectivity index (χ4n) is 4.55. The third-order valence-electron chi connectivity index (χ3n) is 6.91. The monoisotopic (exact) mass is 492 g/mol. The predicted molar refractivity (Wildman–Crippen MR) is 140 cm³/mol. The molecule has 4 N–H and O–H groups in total. The van der Waals surface area contributed by atoms with Crippen LogP contribution in [-0.2, 0) is 0 Å². The number of hydrogen-bond acceptors (Lipinski definition) is 7. The lowest BCUT2D eigenvalue weighted by atomic mass is 9.86. The molecular weight excluding hydrogens is 460 g/mol. The van der Waals surface area contributed by atoms with E-state index in [0.29, 0.717) is 24.4 Å². The topological polar surface area (TPSA) is 110 Å². The number of anilines is 1. The van der Waals surface area contributed by atoms with Gasteiger partial charge in [-0.15, -0.1) is 0 Å². The average Bonchev–Trinajstić information content (AvgIpc) is 3.64. The third-order valence-corrected chi connectivity index (χ3v) is 7.68. The van der Waals surface area contributed by atoms with Gasteiger partial charge in [-0.3, -0.25) is 4.72 Å². The number of hydrogen-bond donors (Lipinski definition) is 3. The van der Waals surface area contributed by atoms with E-state index in [1.54, 1.807) is 18.2 Å². The van der Waals surface area contributed by atoms with Crippen LogP contribution >= 0.6 is 11.9 Å². The second kappa shape index (κ2) is 10.3. The van der Waals surface area contributed by atoms with Crippen LogP contribution in [0.2, 0.25) is 0 Å². The molecule has 1 aliphatic rings. The summed E-state index contributed by atoms with van der Waals surface area (Å²) in [7, 11) is 0. The number of benzene rings is 2. The Balaban J connectivity index is 1.60. The van der Waals surface area contributed by atoms with Crippen molar-refractivity contribution in [1.29, 1.82) is 0 Å². The average molecular weight is 493 g/mol. The predicted octanol–water partition coefficient (Wildman–Crippen LogP) is 5.72. The number of aromatic nitrogens is 2. The van der Waals surface area contributed by atoms with Gasteiger partial charge < -0.3 is 15.6 Å². The first-order chi connectivity index (χ1) is 16.7. The Labute approximate surface area is 210 Å². The van der Waals surface area contributed by atoms with Crippen molar-refractivity contribution in [1.82, 2.24) is 9.97 Å². The zero-order chi connectivity index (χ0) is 25.2.